The Labute approximate surface area is 251 Å². The molecule has 0 spiro atoms. The minimum atomic E-state index is -0.516. The van der Waals surface area contributed by atoms with Crippen molar-refractivity contribution in [3.05, 3.63) is 0 Å². The van der Waals surface area contributed by atoms with E-state index in [-0.39, 0.29) is 68.6 Å². The molecule has 0 aromatic carbocycles. The summed E-state index contributed by atoms with van der Waals surface area (Å²) >= 11 is 0. The Morgan fingerprint density at radius 2 is 1.26 bits per heavy atom. The summed E-state index contributed by atoms with van der Waals surface area (Å²) in [5, 5.41) is 20.2. The van der Waals surface area contributed by atoms with Crippen molar-refractivity contribution in [2.45, 2.75) is 104 Å². The van der Waals surface area contributed by atoms with Crippen LogP contribution in [0.15, 0.2) is 0 Å². The minimum Gasteiger partial charge on any atom is -0.396 e. The first-order valence-corrected chi connectivity index (χ1v) is 15.6. The molecule has 0 saturated carbocycles. The Morgan fingerprint density at radius 1 is 0.667 bits per heavy atom. The van der Waals surface area contributed by atoms with Gasteiger partial charge >= 0.3 is 0 Å². The Balaban J connectivity index is 3.78. The standard InChI is InChI=1S/C30H56N4O8/c1-4-24(22-35)12-8-7-9-13-25(36)14-15-29(39)31-16-10-18-41-19-11-17-32-30(40)23-42-26(20-33-27(37)5-2)21-34-28(38)6-3/h24,26,35H,4-23H2,1-3H3,(H,31,39)(H,32,40)(H,33,37)(H,34,38). The predicted molar refractivity (Wildman–Crippen MR) is 161 cm³/mol. The molecular weight excluding hydrogens is 544 g/mol. The molecule has 5 N–H and O–H groups in total. The first-order chi connectivity index (χ1) is 20.2. The van der Waals surface area contributed by atoms with Crippen LogP contribution in [0.2, 0.25) is 0 Å². The van der Waals surface area contributed by atoms with Gasteiger partial charge in [0.15, 0.2) is 0 Å². The summed E-state index contributed by atoms with van der Waals surface area (Å²) in [7, 11) is 0. The van der Waals surface area contributed by atoms with Gasteiger partial charge in [-0.3, -0.25) is 24.0 Å². The molecule has 42 heavy (non-hydrogen) atoms. The number of rotatable bonds is 28. The Hall–Kier alpha value is -2.57. The molecule has 1 unspecified atom stereocenters. The van der Waals surface area contributed by atoms with Gasteiger partial charge in [0.1, 0.15) is 12.4 Å². The van der Waals surface area contributed by atoms with Crippen LogP contribution in [0.25, 0.3) is 0 Å². The van der Waals surface area contributed by atoms with Gasteiger partial charge in [-0.1, -0.05) is 40.0 Å². The summed E-state index contributed by atoms with van der Waals surface area (Å²) < 4.78 is 11.1. The highest BCUT2D eigenvalue weighted by molar-refractivity contribution is 5.84. The fourth-order valence-electron chi connectivity index (χ4n) is 3.87. The molecule has 12 nitrogen and oxygen atoms in total. The highest BCUT2D eigenvalue weighted by Gasteiger charge is 2.14. The van der Waals surface area contributed by atoms with E-state index < -0.39 is 6.10 Å². The van der Waals surface area contributed by atoms with Gasteiger partial charge in [0.25, 0.3) is 0 Å². The molecule has 0 aliphatic heterocycles. The van der Waals surface area contributed by atoms with Crippen molar-refractivity contribution in [2.24, 2.45) is 5.92 Å². The second kappa shape index (κ2) is 27.3. The van der Waals surface area contributed by atoms with E-state index in [1.54, 1.807) is 13.8 Å². The highest BCUT2D eigenvalue weighted by Crippen LogP contribution is 2.14. The fraction of sp³-hybridized carbons (Fsp3) is 0.833. The van der Waals surface area contributed by atoms with E-state index in [4.69, 9.17) is 9.47 Å². The number of carbonyl (C=O) groups is 5. The average Bonchev–Trinajstić information content (AvgIpc) is 2.99. The molecule has 0 bridgehead atoms. The molecule has 1 atom stereocenters. The van der Waals surface area contributed by atoms with Crippen LogP contribution in [-0.2, 0) is 33.4 Å². The van der Waals surface area contributed by atoms with E-state index >= 15 is 0 Å². The van der Waals surface area contributed by atoms with Gasteiger partial charge in [0.2, 0.25) is 23.6 Å². The van der Waals surface area contributed by atoms with E-state index in [1.165, 1.54) is 0 Å². The monoisotopic (exact) mass is 600 g/mol. The lowest BCUT2D eigenvalue weighted by Crippen LogP contribution is -2.43. The van der Waals surface area contributed by atoms with Gasteiger partial charge in [0, 0.05) is 78.1 Å². The maximum Gasteiger partial charge on any atom is 0.246 e. The highest BCUT2D eigenvalue weighted by atomic mass is 16.5. The number of Topliss-reactive ketones (excluding diaryl/α,β-unsaturated/α-hetero) is 1. The van der Waals surface area contributed by atoms with Crippen molar-refractivity contribution in [3.63, 3.8) is 0 Å². The molecular formula is C30H56N4O8. The third-order valence-corrected chi connectivity index (χ3v) is 6.76. The fourth-order valence-corrected chi connectivity index (χ4v) is 3.87. The Morgan fingerprint density at radius 3 is 1.81 bits per heavy atom. The number of ether oxygens (including phenoxy) is 2. The number of hydrogen-bond donors (Lipinski definition) is 5. The molecule has 0 aromatic rings. The minimum absolute atomic E-state index is 0.113. The Bertz CT molecular complexity index is 742. The molecule has 0 aromatic heterocycles. The lowest BCUT2D eigenvalue weighted by atomic mass is 9.98. The molecule has 0 rings (SSSR count). The number of aliphatic hydroxyl groups is 1. The zero-order chi connectivity index (χ0) is 31.4. The van der Waals surface area contributed by atoms with Crippen LogP contribution in [0.4, 0.5) is 0 Å². The lowest BCUT2D eigenvalue weighted by Gasteiger charge is -2.19. The number of amides is 4. The molecule has 0 heterocycles. The van der Waals surface area contributed by atoms with Crippen molar-refractivity contribution >= 4 is 29.4 Å². The molecule has 0 saturated heterocycles. The average molecular weight is 601 g/mol. The lowest BCUT2D eigenvalue weighted by molar-refractivity contribution is -0.128. The van der Waals surface area contributed by atoms with Gasteiger partial charge in [-0.25, -0.2) is 0 Å². The van der Waals surface area contributed by atoms with Gasteiger partial charge in [-0.15, -0.1) is 0 Å². The van der Waals surface area contributed by atoms with E-state index in [0.29, 0.717) is 64.3 Å². The molecule has 0 aliphatic carbocycles. The van der Waals surface area contributed by atoms with Crippen molar-refractivity contribution < 1.29 is 38.6 Å². The van der Waals surface area contributed by atoms with Crippen LogP contribution in [-0.4, -0.2) is 93.2 Å². The zero-order valence-corrected chi connectivity index (χ0v) is 26.1. The van der Waals surface area contributed by atoms with Gasteiger partial charge in [-0.2, -0.15) is 0 Å². The summed E-state index contributed by atoms with van der Waals surface area (Å²) in [5.74, 6) is -0.236. The molecule has 0 fully saturated rings. The van der Waals surface area contributed by atoms with E-state index in [2.05, 4.69) is 28.2 Å². The second-order valence-electron chi connectivity index (χ2n) is 10.4. The SMILES string of the molecule is CCC(=O)NCC(CNC(=O)CC)OCC(=O)NCCCOCCCNC(=O)CCC(=O)CCCCCC(CC)CO. The van der Waals surface area contributed by atoms with Crippen LogP contribution in [0.5, 0.6) is 0 Å². The Kier molecular flexibility index (Phi) is 25.6. The third-order valence-electron chi connectivity index (χ3n) is 6.76. The summed E-state index contributed by atoms with van der Waals surface area (Å²) in [6.45, 7) is 7.79. The van der Waals surface area contributed by atoms with Gasteiger partial charge in [0.05, 0.1) is 6.10 Å². The normalized spacial score (nSPS) is 11.6. The summed E-state index contributed by atoms with van der Waals surface area (Å²) in [6.07, 6.45) is 7.17. The summed E-state index contributed by atoms with van der Waals surface area (Å²) in [5.41, 5.74) is 0. The molecule has 244 valence electrons. The molecule has 0 radical (unpaired) electrons. The third kappa shape index (κ3) is 24.1. The number of nitrogens with one attached hydrogen (secondary N) is 4. The maximum absolute atomic E-state index is 12.1. The quantitative estimate of drug-likeness (QED) is 0.0846. The van der Waals surface area contributed by atoms with E-state index in [1.807, 2.05) is 0 Å². The topological polar surface area (TPSA) is 172 Å². The summed E-state index contributed by atoms with van der Waals surface area (Å²) in [4.78, 5) is 59.0. The van der Waals surface area contributed by atoms with Crippen LogP contribution in [0, 0.1) is 5.92 Å². The van der Waals surface area contributed by atoms with Crippen LogP contribution in [0.3, 0.4) is 0 Å². The number of hydrogen-bond acceptors (Lipinski definition) is 8. The summed E-state index contributed by atoms with van der Waals surface area (Å²) in [6, 6.07) is 0. The van der Waals surface area contributed by atoms with Crippen LogP contribution >= 0.6 is 0 Å². The van der Waals surface area contributed by atoms with E-state index in [9.17, 15) is 29.1 Å². The van der Waals surface area contributed by atoms with Gasteiger partial charge in [-0.05, 0) is 31.6 Å². The predicted octanol–water partition coefficient (Wildman–Crippen LogP) is 1.77. The first-order valence-electron chi connectivity index (χ1n) is 15.6. The number of ketones is 1. The number of carbonyl (C=O) groups excluding carboxylic acids is 5. The smallest absolute Gasteiger partial charge is 0.246 e. The number of aliphatic hydroxyl groups excluding tert-OH is 1. The second-order valence-corrected chi connectivity index (χ2v) is 10.4. The van der Waals surface area contributed by atoms with Crippen molar-refractivity contribution in [2.75, 3.05) is 52.6 Å². The van der Waals surface area contributed by atoms with Crippen molar-refractivity contribution in [1.29, 1.82) is 0 Å². The van der Waals surface area contributed by atoms with Gasteiger partial charge < -0.3 is 35.8 Å². The zero-order valence-electron chi connectivity index (χ0n) is 26.1. The molecule has 12 heteroatoms. The maximum atomic E-state index is 12.1. The van der Waals surface area contributed by atoms with Crippen LogP contribution in [0.1, 0.15) is 97.8 Å². The molecule has 0 aliphatic rings. The van der Waals surface area contributed by atoms with Crippen LogP contribution < -0.4 is 21.3 Å². The molecule has 4 amide bonds. The first kappa shape index (κ1) is 39.4. The van der Waals surface area contributed by atoms with Crippen molar-refractivity contribution in [1.82, 2.24) is 21.3 Å². The van der Waals surface area contributed by atoms with E-state index in [0.717, 1.165) is 32.1 Å². The largest absolute Gasteiger partial charge is 0.396 e. The number of unbranched alkanes of at least 4 members (excludes halogenated alkanes) is 2. The van der Waals surface area contributed by atoms with Crippen molar-refractivity contribution in [3.8, 4) is 0 Å².